The minimum atomic E-state index is -0.228. The molecule has 3 heterocycles. The van der Waals surface area contributed by atoms with E-state index in [9.17, 15) is 9.59 Å². The summed E-state index contributed by atoms with van der Waals surface area (Å²) in [5, 5.41) is 8.00. The van der Waals surface area contributed by atoms with E-state index in [1.807, 2.05) is 32.9 Å². The molecule has 1 amide bonds. The van der Waals surface area contributed by atoms with Crippen LogP contribution in [-0.4, -0.2) is 35.6 Å². The van der Waals surface area contributed by atoms with Gasteiger partial charge >= 0.3 is 0 Å². The first-order valence-electron chi connectivity index (χ1n) is 9.97. The quantitative estimate of drug-likeness (QED) is 0.515. The summed E-state index contributed by atoms with van der Waals surface area (Å²) in [6, 6.07) is 10.7. The molecule has 31 heavy (non-hydrogen) atoms. The molecule has 0 saturated carbocycles. The summed E-state index contributed by atoms with van der Waals surface area (Å²) in [6.45, 7) is 6.12. The maximum absolute atomic E-state index is 12.7. The number of nitrogens with one attached hydrogen (secondary N) is 2. The molecule has 0 aliphatic carbocycles. The summed E-state index contributed by atoms with van der Waals surface area (Å²) < 4.78 is 1.52. The lowest BCUT2D eigenvalue weighted by Gasteiger charge is -2.13. The van der Waals surface area contributed by atoms with Crippen molar-refractivity contribution >= 4 is 22.6 Å². The van der Waals surface area contributed by atoms with Gasteiger partial charge in [0.05, 0.1) is 16.6 Å². The molecule has 0 fully saturated rings. The Labute approximate surface area is 178 Å². The van der Waals surface area contributed by atoms with Crippen LogP contribution in [-0.2, 0) is 16.6 Å². The highest BCUT2D eigenvalue weighted by atomic mass is 16.1. The van der Waals surface area contributed by atoms with E-state index in [1.54, 1.807) is 36.7 Å². The van der Waals surface area contributed by atoms with Gasteiger partial charge in [0.15, 0.2) is 0 Å². The van der Waals surface area contributed by atoms with E-state index in [2.05, 4.69) is 30.4 Å². The fourth-order valence-electron chi connectivity index (χ4n) is 3.08. The molecule has 0 saturated heterocycles. The molecule has 4 rings (SSSR count). The number of hydrogen-bond acceptors (Lipinski definition) is 6. The largest absolute Gasteiger partial charge is 0.310 e. The molecule has 0 aliphatic heterocycles. The van der Waals surface area contributed by atoms with Crippen LogP contribution in [0.4, 0.5) is 5.82 Å². The minimum absolute atomic E-state index is 0.146. The van der Waals surface area contributed by atoms with Crippen LogP contribution in [0.5, 0.6) is 0 Å². The van der Waals surface area contributed by atoms with Crippen LogP contribution in [0.2, 0.25) is 0 Å². The van der Waals surface area contributed by atoms with E-state index in [0.29, 0.717) is 34.9 Å². The predicted molar refractivity (Wildman–Crippen MR) is 117 cm³/mol. The summed E-state index contributed by atoms with van der Waals surface area (Å²) in [5.41, 5.74) is 0.982. The molecule has 3 aromatic heterocycles. The molecule has 0 unspecified atom stereocenters. The van der Waals surface area contributed by atoms with E-state index in [0.717, 1.165) is 5.69 Å². The number of aryl methyl sites for hydroxylation is 1. The van der Waals surface area contributed by atoms with E-state index in [1.165, 1.54) is 4.68 Å². The highest BCUT2D eigenvalue weighted by Crippen LogP contribution is 2.25. The number of aromatic amines is 1. The van der Waals surface area contributed by atoms with Crippen LogP contribution in [0.3, 0.4) is 0 Å². The lowest BCUT2D eigenvalue weighted by molar-refractivity contribution is -0.116. The van der Waals surface area contributed by atoms with Crippen LogP contribution in [0, 0.1) is 0 Å². The fraction of sp³-hybridized carbons (Fsp3) is 0.273. The summed E-state index contributed by atoms with van der Waals surface area (Å²) in [6.07, 6.45) is 3.68. The number of rotatable bonds is 5. The van der Waals surface area contributed by atoms with Crippen molar-refractivity contribution in [2.24, 2.45) is 0 Å². The van der Waals surface area contributed by atoms with Crippen molar-refractivity contribution in [2.75, 3.05) is 5.32 Å². The third kappa shape index (κ3) is 4.50. The van der Waals surface area contributed by atoms with Gasteiger partial charge in [0.25, 0.3) is 11.5 Å². The maximum atomic E-state index is 12.7. The Hall–Kier alpha value is -3.88. The summed E-state index contributed by atoms with van der Waals surface area (Å²) in [5.74, 6) is 1.09. The topological polar surface area (TPSA) is 118 Å². The van der Waals surface area contributed by atoms with Crippen LogP contribution >= 0.6 is 0 Å². The van der Waals surface area contributed by atoms with Crippen molar-refractivity contribution < 1.29 is 4.79 Å². The van der Waals surface area contributed by atoms with E-state index in [-0.39, 0.29) is 23.3 Å². The Morgan fingerprint density at radius 1 is 1.13 bits per heavy atom. The highest BCUT2D eigenvalue weighted by molar-refractivity contribution is 5.90. The Morgan fingerprint density at radius 3 is 2.61 bits per heavy atom. The average Bonchev–Trinajstić information content (AvgIpc) is 3.17. The van der Waals surface area contributed by atoms with E-state index in [4.69, 9.17) is 0 Å². The third-order valence-corrected chi connectivity index (χ3v) is 4.74. The number of carbonyl (C=O) groups excluding carboxylic acids is 1. The van der Waals surface area contributed by atoms with Crippen LogP contribution in [0.15, 0.2) is 53.6 Å². The normalized spacial score (nSPS) is 11.6. The molecule has 1 aromatic carbocycles. The first-order valence-corrected chi connectivity index (χ1v) is 9.97. The van der Waals surface area contributed by atoms with Gasteiger partial charge in [-0.3, -0.25) is 9.59 Å². The van der Waals surface area contributed by atoms with Crippen LogP contribution in [0.25, 0.3) is 16.9 Å². The number of amides is 1. The molecular formula is C22H23N7O2. The van der Waals surface area contributed by atoms with Gasteiger partial charge in [-0.2, -0.15) is 9.78 Å². The molecule has 0 bridgehead atoms. The fourth-order valence-corrected chi connectivity index (χ4v) is 3.08. The summed E-state index contributed by atoms with van der Waals surface area (Å²) >= 11 is 0. The second-order valence-corrected chi connectivity index (χ2v) is 8.20. The molecule has 0 radical (unpaired) electrons. The molecule has 0 aliphatic rings. The Kier molecular flexibility index (Phi) is 5.33. The number of benzene rings is 1. The Balaban J connectivity index is 1.53. The number of anilines is 1. The van der Waals surface area contributed by atoms with Crippen molar-refractivity contribution in [3.63, 3.8) is 0 Å². The van der Waals surface area contributed by atoms with Gasteiger partial charge in [-0.15, -0.1) is 0 Å². The maximum Gasteiger partial charge on any atom is 0.258 e. The number of para-hydroxylation sites is 1. The van der Waals surface area contributed by atoms with E-state index < -0.39 is 0 Å². The smallest absolute Gasteiger partial charge is 0.258 e. The lowest BCUT2D eigenvalue weighted by Crippen LogP contribution is -2.18. The number of nitrogens with zero attached hydrogens (tertiary/aromatic N) is 5. The number of carbonyl (C=O) groups is 1. The van der Waals surface area contributed by atoms with Crippen molar-refractivity contribution in [3.05, 3.63) is 70.7 Å². The molecule has 9 heteroatoms. The molecule has 158 valence electrons. The molecule has 2 N–H and O–H groups in total. The molecule has 0 atom stereocenters. The number of hydrogen-bond donors (Lipinski definition) is 2. The first kappa shape index (κ1) is 20.4. The van der Waals surface area contributed by atoms with Gasteiger partial charge in [-0.25, -0.2) is 15.0 Å². The van der Waals surface area contributed by atoms with Crippen LogP contribution in [0.1, 0.15) is 38.7 Å². The SMILES string of the molecule is CC(C)(C)c1cc(NC(=O)CCc2nc3ccccc3c(=O)[nH]2)n(-c2ncccn2)n1. The number of fused-ring (bicyclic) bond motifs is 1. The van der Waals surface area contributed by atoms with Crippen molar-refractivity contribution in [3.8, 4) is 5.95 Å². The Morgan fingerprint density at radius 2 is 1.87 bits per heavy atom. The molecule has 9 nitrogen and oxygen atoms in total. The summed E-state index contributed by atoms with van der Waals surface area (Å²) in [7, 11) is 0. The number of aromatic nitrogens is 6. The summed E-state index contributed by atoms with van der Waals surface area (Å²) in [4.78, 5) is 40.5. The second kappa shape index (κ2) is 8.10. The Bertz CT molecular complexity index is 1290. The van der Waals surface area contributed by atoms with Crippen molar-refractivity contribution in [1.82, 2.24) is 29.7 Å². The van der Waals surface area contributed by atoms with Crippen molar-refractivity contribution in [2.45, 2.75) is 39.0 Å². The van der Waals surface area contributed by atoms with Gasteiger partial charge in [0.1, 0.15) is 11.6 Å². The predicted octanol–water partition coefficient (Wildman–Crippen LogP) is 2.77. The zero-order valence-electron chi connectivity index (χ0n) is 17.6. The third-order valence-electron chi connectivity index (χ3n) is 4.74. The zero-order valence-corrected chi connectivity index (χ0v) is 17.6. The van der Waals surface area contributed by atoms with Crippen molar-refractivity contribution in [1.29, 1.82) is 0 Å². The molecule has 4 aromatic rings. The second-order valence-electron chi connectivity index (χ2n) is 8.20. The monoisotopic (exact) mass is 417 g/mol. The lowest BCUT2D eigenvalue weighted by atomic mass is 9.92. The molecule has 0 spiro atoms. The highest BCUT2D eigenvalue weighted by Gasteiger charge is 2.22. The van der Waals surface area contributed by atoms with Gasteiger partial charge in [-0.05, 0) is 18.2 Å². The zero-order chi connectivity index (χ0) is 22.0. The van der Waals surface area contributed by atoms with Gasteiger partial charge in [0.2, 0.25) is 5.91 Å². The van der Waals surface area contributed by atoms with Gasteiger partial charge in [-0.1, -0.05) is 32.9 Å². The van der Waals surface area contributed by atoms with Crippen LogP contribution < -0.4 is 10.9 Å². The van der Waals surface area contributed by atoms with Gasteiger partial charge < -0.3 is 10.3 Å². The first-order chi connectivity index (χ1) is 14.8. The van der Waals surface area contributed by atoms with E-state index >= 15 is 0 Å². The number of H-pyrrole nitrogens is 1. The van der Waals surface area contributed by atoms with Gasteiger partial charge in [0, 0.05) is 36.7 Å². The minimum Gasteiger partial charge on any atom is -0.310 e. The standard InChI is InChI=1S/C22H23N7O2/c1-22(2,3)16-13-18(29(28-16)21-23-11-6-12-24-21)27-19(30)10-9-17-25-15-8-5-4-7-14(15)20(31)26-17/h4-8,11-13H,9-10H2,1-3H3,(H,27,30)(H,25,26,31). The average molecular weight is 417 g/mol. The molecular weight excluding hydrogens is 394 g/mol.